The lowest BCUT2D eigenvalue weighted by molar-refractivity contribution is -0.137. The van der Waals surface area contributed by atoms with E-state index in [4.69, 9.17) is 4.42 Å². The van der Waals surface area contributed by atoms with Crippen molar-refractivity contribution in [2.24, 2.45) is 0 Å². The van der Waals surface area contributed by atoms with Gasteiger partial charge in [-0.2, -0.15) is 13.2 Å². The van der Waals surface area contributed by atoms with Gasteiger partial charge in [0.1, 0.15) is 11.3 Å². The van der Waals surface area contributed by atoms with Crippen LogP contribution >= 0.6 is 0 Å². The molecule has 0 saturated heterocycles. The number of nitrogens with one attached hydrogen (secondary N) is 1. The van der Waals surface area contributed by atoms with E-state index < -0.39 is 11.7 Å². The third-order valence-electron chi connectivity index (χ3n) is 2.25. The molecule has 0 amide bonds. The van der Waals surface area contributed by atoms with Gasteiger partial charge in [-0.15, -0.1) is 0 Å². The predicted octanol–water partition coefficient (Wildman–Crippen LogP) is 3.17. The van der Waals surface area contributed by atoms with Crippen molar-refractivity contribution >= 4 is 11.0 Å². The average Bonchev–Trinajstić information content (AvgIpc) is 2.57. The summed E-state index contributed by atoms with van der Waals surface area (Å²) in [6, 6.07) is 5.07. The molecule has 5 heteroatoms. The monoisotopic (exact) mass is 229 g/mol. The molecule has 0 radical (unpaired) electrons. The number of halogens is 3. The number of hydrogen-bond donors (Lipinski definition) is 1. The van der Waals surface area contributed by atoms with Gasteiger partial charge in [0.25, 0.3) is 0 Å². The van der Waals surface area contributed by atoms with Crippen LogP contribution in [-0.4, -0.2) is 7.05 Å². The van der Waals surface area contributed by atoms with Gasteiger partial charge < -0.3 is 9.73 Å². The summed E-state index contributed by atoms with van der Waals surface area (Å²) in [7, 11) is 1.74. The number of fused-ring (bicyclic) bond motifs is 1. The quantitative estimate of drug-likeness (QED) is 0.855. The lowest BCUT2D eigenvalue weighted by Crippen LogP contribution is -2.03. The lowest BCUT2D eigenvalue weighted by atomic mass is 10.1. The summed E-state index contributed by atoms with van der Waals surface area (Å²) in [5.41, 5.74) is -0.185. The lowest BCUT2D eigenvalue weighted by Gasteiger charge is -2.04. The maximum Gasteiger partial charge on any atom is 0.416 e. The number of hydrogen-bond acceptors (Lipinski definition) is 2. The van der Waals surface area contributed by atoms with Gasteiger partial charge in [0.15, 0.2) is 0 Å². The molecule has 0 aliphatic carbocycles. The highest BCUT2D eigenvalue weighted by Gasteiger charge is 2.30. The molecule has 0 spiro atoms. The summed E-state index contributed by atoms with van der Waals surface area (Å²) < 4.78 is 42.6. The molecule has 0 aliphatic heterocycles. The normalized spacial score (nSPS) is 12.2. The summed E-state index contributed by atoms with van der Waals surface area (Å²) in [5, 5.41) is 3.35. The molecule has 1 aromatic carbocycles. The first-order valence-corrected chi connectivity index (χ1v) is 4.75. The Balaban J connectivity index is 2.46. The summed E-state index contributed by atoms with van der Waals surface area (Å²) in [4.78, 5) is 0. The van der Waals surface area contributed by atoms with Crippen molar-refractivity contribution < 1.29 is 17.6 Å². The van der Waals surface area contributed by atoms with Crippen molar-refractivity contribution in [2.75, 3.05) is 7.05 Å². The fourth-order valence-corrected chi connectivity index (χ4v) is 1.54. The number of alkyl halides is 3. The van der Waals surface area contributed by atoms with Crippen LogP contribution in [-0.2, 0) is 12.7 Å². The second kappa shape index (κ2) is 3.83. The maximum absolute atomic E-state index is 12.4. The molecular formula is C11H10F3NO. The van der Waals surface area contributed by atoms with Gasteiger partial charge in [-0.3, -0.25) is 0 Å². The molecule has 0 bridgehead atoms. The van der Waals surface area contributed by atoms with Crippen LogP contribution in [0.15, 0.2) is 28.7 Å². The largest absolute Gasteiger partial charge is 0.460 e. The third kappa shape index (κ3) is 2.04. The minimum atomic E-state index is -4.31. The highest BCUT2D eigenvalue weighted by atomic mass is 19.4. The Morgan fingerprint density at radius 3 is 2.62 bits per heavy atom. The van der Waals surface area contributed by atoms with E-state index in [1.165, 1.54) is 6.07 Å². The minimum absolute atomic E-state index is 0.471. The van der Waals surface area contributed by atoms with Crippen LogP contribution in [0.5, 0.6) is 0 Å². The van der Waals surface area contributed by atoms with Crippen molar-refractivity contribution in [3.8, 4) is 0 Å². The zero-order chi connectivity index (χ0) is 11.8. The van der Waals surface area contributed by atoms with E-state index in [0.717, 1.165) is 12.1 Å². The third-order valence-corrected chi connectivity index (χ3v) is 2.25. The second-order valence-corrected chi connectivity index (χ2v) is 3.49. The maximum atomic E-state index is 12.4. The molecule has 2 rings (SSSR count). The molecule has 0 saturated carbocycles. The SMILES string of the molecule is CNCc1cc2cc(C(F)(F)F)ccc2o1. The van der Waals surface area contributed by atoms with Crippen LogP contribution in [0.2, 0.25) is 0 Å². The highest BCUT2D eigenvalue weighted by molar-refractivity contribution is 5.78. The molecule has 1 aromatic heterocycles. The smallest absolute Gasteiger partial charge is 0.416 e. The Hall–Kier alpha value is -1.49. The van der Waals surface area contributed by atoms with Crippen molar-refractivity contribution in [3.63, 3.8) is 0 Å². The summed E-state index contributed by atoms with van der Waals surface area (Å²) in [6.45, 7) is 0.496. The summed E-state index contributed by atoms with van der Waals surface area (Å²) in [6.07, 6.45) is -4.31. The molecule has 86 valence electrons. The molecule has 0 unspecified atom stereocenters. The van der Waals surface area contributed by atoms with E-state index in [1.807, 2.05) is 0 Å². The van der Waals surface area contributed by atoms with E-state index in [1.54, 1.807) is 13.1 Å². The standard InChI is InChI=1S/C11H10F3NO/c1-15-6-9-5-7-4-8(11(12,13)14)2-3-10(7)16-9/h2-5,15H,6H2,1H3. The van der Waals surface area contributed by atoms with Crippen LogP contribution in [0.4, 0.5) is 13.2 Å². The molecule has 0 fully saturated rings. The fraction of sp³-hybridized carbons (Fsp3) is 0.273. The highest BCUT2D eigenvalue weighted by Crippen LogP contribution is 2.32. The molecule has 1 heterocycles. The van der Waals surface area contributed by atoms with Gasteiger partial charge in [-0.05, 0) is 31.3 Å². The van der Waals surface area contributed by atoms with Crippen molar-refractivity contribution in [3.05, 3.63) is 35.6 Å². The van der Waals surface area contributed by atoms with Crippen LogP contribution in [0.3, 0.4) is 0 Å². The zero-order valence-electron chi connectivity index (χ0n) is 8.56. The van der Waals surface area contributed by atoms with Gasteiger partial charge in [0.2, 0.25) is 0 Å². The van der Waals surface area contributed by atoms with Gasteiger partial charge >= 0.3 is 6.18 Å². The predicted molar refractivity (Wildman–Crippen MR) is 54.0 cm³/mol. The van der Waals surface area contributed by atoms with E-state index in [9.17, 15) is 13.2 Å². The minimum Gasteiger partial charge on any atom is -0.460 e. The first-order valence-electron chi connectivity index (χ1n) is 4.75. The van der Waals surface area contributed by atoms with E-state index in [2.05, 4.69) is 5.32 Å². The Morgan fingerprint density at radius 2 is 2.00 bits per heavy atom. The first-order chi connectivity index (χ1) is 7.50. The first kappa shape index (κ1) is 11.0. The van der Waals surface area contributed by atoms with E-state index in [-0.39, 0.29) is 0 Å². The molecule has 0 aliphatic rings. The van der Waals surface area contributed by atoms with Crippen molar-refractivity contribution in [2.45, 2.75) is 12.7 Å². The molecular weight excluding hydrogens is 219 g/mol. The number of benzene rings is 1. The molecule has 2 nitrogen and oxygen atoms in total. The number of rotatable bonds is 2. The molecule has 1 N–H and O–H groups in total. The number of furan rings is 1. The summed E-state index contributed by atoms with van der Waals surface area (Å²) in [5.74, 6) is 0.622. The topological polar surface area (TPSA) is 25.2 Å². The Morgan fingerprint density at radius 1 is 1.25 bits per heavy atom. The van der Waals surface area contributed by atoms with Crippen LogP contribution in [0, 0.1) is 0 Å². The van der Waals surface area contributed by atoms with Crippen LogP contribution in [0.1, 0.15) is 11.3 Å². The Bertz CT molecular complexity index is 501. The van der Waals surface area contributed by atoms with Crippen molar-refractivity contribution in [1.82, 2.24) is 5.32 Å². The Kier molecular flexibility index (Phi) is 2.63. The summed E-state index contributed by atoms with van der Waals surface area (Å²) >= 11 is 0. The zero-order valence-corrected chi connectivity index (χ0v) is 8.56. The van der Waals surface area contributed by atoms with Gasteiger partial charge in [0, 0.05) is 5.39 Å². The molecule has 0 atom stereocenters. The molecule has 2 aromatic rings. The van der Waals surface area contributed by atoms with Gasteiger partial charge in [-0.1, -0.05) is 0 Å². The van der Waals surface area contributed by atoms with Gasteiger partial charge in [-0.25, -0.2) is 0 Å². The second-order valence-electron chi connectivity index (χ2n) is 3.49. The van der Waals surface area contributed by atoms with E-state index in [0.29, 0.717) is 23.3 Å². The van der Waals surface area contributed by atoms with Crippen LogP contribution in [0.25, 0.3) is 11.0 Å². The average molecular weight is 229 g/mol. The fourth-order valence-electron chi connectivity index (χ4n) is 1.54. The van der Waals surface area contributed by atoms with Crippen LogP contribution < -0.4 is 5.32 Å². The van der Waals surface area contributed by atoms with Gasteiger partial charge in [0.05, 0.1) is 12.1 Å². The van der Waals surface area contributed by atoms with E-state index >= 15 is 0 Å². The van der Waals surface area contributed by atoms with Crippen molar-refractivity contribution in [1.29, 1.82) is 0 Å². The Labute approximate surface area is 90.0 Å². The molecule has 16 heavy (non-hydrogen) atoms.